The van der Waals surface area contributed by atoms with E-state index in [9.17, 15) is 4.79 Å². The lowest BCUT2D eigenvalue weighted by molar-refractivity contribution is 0.112. The van der Waals surface area contributed by atoms with Crippen molar-refractivity contribution in [2.75, 3.05) is 25.2 Å². The smallest absolute Gasteiger partial charge is 0.153 e. The Morgan fingerprint density at radius 2 is 2.10 bits per heavy atom. The third-order valence-corrected chi connectivity index (χ3v) is 3.29. The van der Waals surface area contributed by atoms with Crippen LogP contribution in [-0.4, -0.2) is 37.6 Å². The maximum absolute atomic E-state index is 11.4. The summed E-state index contributed by atoms with van der Waals surface area (Å²) in [5, 5.41) is 0.980. The van der Waals surface area contributed by atoms with E-state index in [2.05, 4.69) is 23.7 Å². The number of hydrogen-bond acceptors (Lipinski definition) is 4. The second kappa shape index (κ2) is 6.48. The number of aldehydes is 1. The van der Waals surface area contributed by atoms with Gasteiger partial charge >= 0.3 is 0 Å². The summed E-state index contributed by atoms with van der Waals surface area (Å²) in [7, 11) is 1.67. The Balaban J connectivity index is 2.51. The monoisotopic (exact) mass is 272 g/mol. The first-order valence-electron chi connectivity index (χ1n) is 6.78. The Kier molecular flexibility index (Phi) is 4.69. The molecular formula is C16H20N2O2. The van der Waals surface area contributed by atoms with E-state index in [0.29, 0.717) is 18.7 Å². The zero-order valence-corrected chi connectivity index (χ0v) is 12.2. The van der Waals surface area contributed by atoms with Crippen molar-refractivity contribution in [3.8, 4) is 0 Å². The van der Waals surface area contributed by atoms with E-state index in [1.54, 1.807) is 7.11 Å². The molecule has 0 spiro atoms. The van der Waals surface area contributed by atoms with Crippen LogP contribution in [0.25, 0.3) is 10.9 Å². The van der Waals surface area contributed by atoms with E-state index in [-0.39, 0.29) is 6.04 Å². The van der Waals surface area contributed by atoms with Crippen LogP contribution in [0.2, 0.25) is 0 Å². The molecule has 1 heterocycles. The van der Waals surface area contributed by atoms with E-state index >= 15 is 0 Å². The van der Waals surface area contributed by atoms with Crippen LogP contribution < -0.4 is 4.90 Å². The lowest BCUT2D eigenvalue weighted by Gasteiger charge is -2.28. The molecule has 1 aromatic carbocycles. The van der Waals surface area contributed by atoms with Gasteiger partial charge in [0.2, 0.25) is 0 Å². The fourth-order valence-corrected chi connectivity index (χ4v) is 2.24. The highest BCUT2D eigenvalue weighted by Crippen LogP contribution is 2.23. The number of nitrogens with zero attached hydrogens (tertiary/aromatic N) is 2. The van der Waals surface area contributed by atoms with Crippen LogP contribution in [0, 0.1) is 0 Å². The fourth-order valence-electron chi connectivity index (χ4n) is 2.24. The minimum atomic E-state index is 0.248. The summed E-state index contributed by atoms with van der Waals surface area (Å²) in [4.78, 5) is 18.1. The van der Waals surface area contributed by atoms with E-state index < -0.39 is 0 Å². The zero-order chi connectivity index (χ0) is 14.5. The summed E-state index contributed by atoms with van der Waals surface area (Å²) in [6.07, 6.45) is 0.872. The number of carbonyl (C=O) groups is 1. The Bertz CT molecular complexity index is 596. The number of anilines is 1. The number of fused-ring (bicyclic) bond motifs is 1. The molecule has 0 saturated carbocycles. The Hall–Kier alpha value is -1.94. The number of pyridine rings is 1. The number of para-hydroxylation sites is 1. The fraction of sp³-hybridized carbons (Fsp3) is 0.375. The molecule has 0 bridgehead atoms. The molecule has 0 radical (unpaired) electrons. The second-order valence-corrected chi connectivity index (χ2v) is 4.99. The van der Waals surface area contributed by atoms with Gasteiger partial charge < -0.3 is 9.64 Å². The highest BCUT2D eigenvalue weighted by Gasteiger charge is 2.16. The topological polar surface area (TPSA) is 42.4 Å². The van der Waals surface area contributed by atoms with Crippen LogP contribution in [0.1, 0.15) is 24.2 Å². The van der Waals surface area contributed by atoms with Crippen molar-refractivity contribution in [1.82, 2.24) is 4.98 Å². The maximum atomic E-state index is 11.4. The molecule has 2 aromatic rings. The first-order chi connectivity index (χ1) is 9.67. The molecule has 0 N–H and O–H groups in total. The molecule has 4 heteroatoms. The largest absolute Gasteiger partial charge is 0.383 e. The zero-order valence-electron chi connectivity index (χ0n) is 12.2. The van der Waals surface area contributed by atoms with Gasteiger partial charge in [0.25, 0.3) is 0 Å². The maximum Gasteiger partial charge on any atom is 0.153 e. The Labute approximate surface area is 119 Å². The van der Waals surface area contributed by atoms with E-state index in [4.69, 9.17) is 4.74 Å². The molecule has 20 heavy (non-hydrogen) atoms. The van der Waals surface area contributed by atoms with Gasteiger partial charge in [0, 0.05) is 25.1 Å². The van der Waals surface area contributed by atoms with Crippen LogP contribution >= 0.6 is 0 Å². The van der Waals surface area contributed by atoms with Gasteiger partial charge in [-0.1, -0.05) is 18.2 Å². The van der Waals surface area contributed by atoms with Crippen LogP contribution in [0.15, 0.2) is 30.3 Å². The first kappa shape index (κ1) is 14.5. The van der Waals surface area contributed by atoms with E-state index in [0.717, 1.165) is 23.0 Å². The first-order valence-corrected chi connectivity index (χ1v) is 6.78. The summed E-state index contributed by atoms with van der Waals surface area (Å²) in [6.45, 7) is 5.48. The standard InChI is InChI=1S/C16H20N2O2/c1-12(2)18(8-9-20-3)16-14(11-19)10-13-6-4-5-7-15(13)17-16/h4-7,10-12H,8-9H2,1-3H3. The predicted octanol–water partition coefficient (Wildman–Crippen LogP) is 2.91. The minimum absolute atomic E-state index is 0.248. The van der Waals surface area contributed by atoms with Gasteiger partial charge in [0.15, 0.2) is 6.29 Å². The number of benzene rings is 1. The molecule has 4 nitrogen and oxygen atoms in total. The van der Waals surface area contributed by atoms with Crippen LogP contribution in [-0.2, 0) is 4.74 Å². The molecule has 0 saturated heterocycles. The molecule has 0 fully saturated rings. The molecule has 0 amide bonds. The quantitative estimate of drug-likeness (QED) is 0.758. The third-order valence-electron chi connectivity index (χ3n) is 3.29. The Morgan fingerprint density at radius 3 is 2.75 bits per heavy atom. The second-order valence-electron chi connectivity index (χ2n) is 4.99. The highest BCUT2D eigenvalue weighted by molar-refractivity contribution is 5.91. The molecule has 2 rings (SSSR count). The lowest BCUT2D eigenvalue weighted by atomic mass is 10.1. The summed E-state index contributed by atoms with van der Waals surface area (Å²) < 4.78 is 5.15. The number of ether oxygens (including phenoxy) is 1. The number of methoxy groups -OCH3 is 1. The minimum Gasteiger partial charge on any atom is -0.383 e. The van der Waals surface area contributed by atoms with Gasteiger partial charge in [0.1, 0.15) is 5.82 Å². The highest BCUT2D eigenvalue weighted by atomic mass is 16.5. The average Bonchev–Trinajstić information content (AvgIpc) is 2.46. The van der Waals surface area contributed by atoms with Crippen molar-refractivity contribution in [1.29, 1.82) is 0 Å². The molecule has 0 unspecified atom stereocenters. The van der Waals surface area contributed by atoms with Crippen LogP contribution in [0.3, 0.4) is 0 Å². The molecule has 0 aliphatic rings. The van der Waals surface area contributed by atoms with Crippen molar-refractivity contribution in [2.45, 2.75) is 19.9 Å². The van der Waals surface area contributed by atoms with Gasteiger partial charge in [-0.2, -0.15) is 0 Å². The van der Waals surface area contributed by atoms with Gasteiger partial charge in [-0.05, 0) is 26.0 Å². The molecular weight excluding hydrogens is 252 g/mol. The SMILES string of the molecule is COCCN(c1nc2ccccc2cc1C=O)C(C)C. The normalized spacial score (nSPS) is 11.0. The summed E-state index contributed by atoms with van der Waals surface area (Å²) in [5.41, 5.74) is 1.52. The molecule has 106 valence electrons. The molecule has 0 atom stereocenters. The van der Waals surface area contributed by atoms with Crippen LogP contribution in [0.4, 0.5) is 5.82 Å². The van der Waals surface area contributed by atoms with Crippen molar-refractivity contribution in [2.24, 2.45) is 0 Å². The van der Waals surface area contributed by atoms with Crippen molar-refractivity contribution >= 4 is 23.0 Å². The number of carbonyl (C=O) groups excluding carboxylic acids is 1. The van der Waals surface area contributed by atoms with E-state index in [1.165, 1.54) is 0 Å². The van der Waals surface area contributed by atoms with Gasteiger partial charge in [0.05, 0.1) is 17.7 Å². The van der Waals surface area contributed by atoms with Crippen molar-refractivity contribution < 1.29 is 9.53 Å². The Morgan fingerprint density at radius 1 is 1.35 bits per heavy atom. The van der Waals surface area contributed by atoms with Crippen molar-refractivity contribution in [3.63, 3.8) is 0 Å². The number of aromatic nitrogens is 1. The number of rotatable bonds is 6. The van der Waals surface area contributed by atoms with Gasteiger partial charge in [-0.25, -0.2) is 4.98 Å². The molecule has 0 aliphatic carbocycles. The molecule has 0 aliphatic heterocycles. The van der Waals surface area contributed by atoms with Gasteiger partial charge in [-0.15, -0.1) is 0 Å². The van der Waals surface area contributed by atoms with Crippen LogP contribution in [0.5, 0.6) is 0 Å². The summed E-state index contributed by atoms with van der Waals surface area (Å²) >= 11 is 0. The van der Waals surface area contributed by atoms with Gasteiger partial charge in [-0.3, -0.25) is 4.79 Å². The third kappa shape index (κ3) is 2.96. The number of hydrogen-bond donors (Lipinski definition) is 0. The van der Waals surface area contributed by atoms with E-state index in [1.807, 2.05) is 30.3 Å². The summed E-state index contributed by atoms with van der Waals surface area (Å²) in [6, 6.07) is 9.97. The average molecular weight is 272 g/mol. The lowest BCUT2D eigenvalue weighted by Crippen LogP contribution is -2.35. The predicted molar refractivity (Wildman–Crippen MR) is 81.5 cm³/mol. The molecule has 1 aromatic heterocycles. The van der Waals surface area contributed by atoms with Crippen molar-refractivity contribution in [3.05, 3.63) is 35.9 Å². The summed E-state index contributed by atoms with van der Waals surface area (Å²) in [5.74, 6) is 0.728.